The van der Waals surface area contributed by atoms with E-state index in [9.17, 15) is 4.79 Å². The number of aliphatic hydroxyl groups is 1. The highest BCUT2D eigenvalue weighted by Gasteiger charge is 2.04. The minimum absolute atomic E-state index is 0.0194. The van der Waals surface area contributed by atoms with Crippen molar-refractivity contribution >= 4 is 5.91 Å². The molecule has 0 aliphatic carbocycles. The lowest BCUT2D eigenvalue weighted by Crippen LogP contribution is -2.29. The summed E-state index contributed by atoms with van der Waals surface area (Å²) in [5.41, 5.74) is 0. The Morgan fingerprint density at radius 1 is 1.70 bits per heavy atom. The Hall–Kier alpha value is -0.990. The van der Waals surface area contributed by atoms with Gasteiger partial charge in [-0.1, -0.05) is 20.4 Å². The average Bonchev–Trinajstić information content (AvgIpc) is 1.82. The minimum atomic E-state index is -0.0739. The third-order valence-corrected chi connectivity index (χ3v) is 0.991. The van der Waals surface area contributed by atoms with Crippen molar-refractivity contribution in [2.45, 2.75) is 13.8 Å². The van der Waals surface area contributed by atoms with Crippen LogP contribution in [0.4, 0.5) is 0 Å². The summed E-state index contributed by atoms with van der Waals surface area (Å²) in [6, 6.07) is 0. The number of aliphatic hydroxyl groups excluding tert-OH is 1. The molecule has 0 fully saturated rings. The van der Waals surface area contributed by atoms with Gasteiger partial charge in [-0.2, -0.15) is 0 Å². The van der Waals surface area contributed by atoms with Crippen molar-refractivity contribution in [2.24, 2.45) is 5.92 Å². The Morgan fingerprint density at radius 3 is 2.50 bits per heavy atom. The SMILES string of the molecule is C=C(O)CNC(=O)C(C)C. The van der Waals surface area contributed by atoms with Crippen molar-refractivity contribution in [2.75, 3.05) is 6.54 Å². The number of hydrogen-bond donors (Lipinski definition) is 2. The van der Waals surface area contributed by atoms with Crippen molar-refractivity contribution in [3.63, 3.8) is 0 Å². The van der Waals surface area contributed by atoms with E-state index in [1.165, 1.54) is 0 Å². The van der Waals surface area contributed by atoms with Gasteiger partial charge in [0.15, 0.2) is 0 Å². The van der Waals surface area contributed by atoms with Gasteiger partial charge in [-0.25, -0.2) is 0 Å². The van der Waals surface area contributed by atoms with E-state index < -0.39 is 0 Å². The predicted octanol–water partition coefficient (Wildman–Crippen LogP) is 0.830. The Morgan fingerprint density at radius 2 is 2.20 bits per heavy atom. The summed E-state index contributed by atoms with van der Waals surface area (Å²) in [6.45, 7) is 6.95. The topological polar surface area (TPSA) is 49.3 Å². The van der Waals surface area contributed by atoms with Crippen molar-refractivity contribution < 1.29 is 9.90 Å². The molecule has 10 heavy (non-hydrogen) atoms. The van der Waals surface area contributed by atoms with Crippen LogP contribution in [0.2, 0.25) is 0 Å². The van der Waals surface area contributed by atoms with Gasteiger partial charge in [-0.05, 0) is 0 Å². The normalized spacial score (nSPS) is 9.50. The molecule has 0 aliphatic rings. The van der Waals surface area contributed by atoms with E-state index in [-0.39, 0.29) is 24.1 Å². The molecule has 0 unspecified atom stereocenters. The van der Waals surface area contributed by atoms with Gasteiger partial charge < -0.3 is 10.4 Å². The van der Waals surface area contributed by atoms with Gasteiger partial charge in [0.05, 0.1) is 6.54 Å². The lowest BCUT2D eigenvalue weighted by molar-refractivity contribution is -0.123. The first-order valence-electron chi connectivity index (χ1n) is 3.18. The fraction of sp³-hybridized carbons (Fsp3) is 0.571. The van der Waals surface area contributed by atoms with E-state index in [4.69, 9.17) is 5.11 Å². The molecule has 0 rings (SSSR count). The van der Waals surface area contributed by atoms with Crippen LogP contribution in [-0.4, -0.2) is 17.6 Å². The van der Waals surface area contributed by atoms with Crippen LogP contribution >= 0.6 is 0 Å². The molecule has 2 N–H and O–H groups in total. The van der Waals surface area contributed by atoms with Crippen LogP contribution in [0, 0.1) is 5.92 Å². The summed E-state index contributed by atoms with van der Waals surface area (Å²) < 4.78 is 0. The van der Waals surface area contributed by atoms with Gasteiger partial charge in [-0.15, -0.1) is 0 Å². The Bertz CT molecular complexity index is 141. The molecule has 3 heteroatoms. The maximum Gasteiger partial charge on any atom is 0.222 e. The van der Waals surface area contributed by atoms with Crippen molar-refractivity contribution in [3.05, 3.63) is 12.3 Å². The molecule has 0 bridgehead atoms. The highest BCUT2D eigenvalue weighted by Crippen LogP contribution is 1.90. The number of carbonyl (C=O) groups excluding carboxylic acids is 1. The highest BCUT2D eigenvalue weighted by molar-refractivity contribution is 5.77. The van der Waals surface area contributed by atoms with Gasteiger partial charge >= 0.3 is 0 Å². The lowest BCUT2D eigenvalue weighted by Gasteiger charge is -2.05. The van der Waals surface area contributed by atoms with Crippen molar-refractivity contribution in [3.8, 4) is 0 Å². The molecule has 0 radical (unpaired) electrons. The van der Waals surface area contributed by atoms with Crippen LogP contribution in [0.15, 0.2) is 12.3 Å². The van der Waals surface area contributed by atoms with Crippen LogP contribution < -0.4 is 5.32 Å². The third-order valence-electron chi connectivity index (χ3n) is 0.991. The summed E-state index contributed by atoms with van der Waals surface area (Å²) in [5.74, 6) is -0.136. The first-order valence-corrected chi connectivity index (χ1v) is 3.18. The van der Waals surface area contributed by atoms with E-state index in [0.29, 0.717) is 0 Å². The number of hydrogen-bond acceptors (Lipinski definition) is 2. The Kier molecular flexibility index (Phi) is 3.54. The summed E-state index contributed by atoms with van der Waals surface area (Å²) in [7, 11) is 0. The lowest BCUT2D eigenvalue weighted by atomic mass is 10.2. The average molecular weight is 143 g/mol. The van der Waals surface area contributed by atoms with E-state index in [0.717, 1.165) is 0 Å². The molecule has 0 aromatic rings. The summed E-state index contributed by atoms with van der Waals surface area (Å²) in [4.78, 5) is 10.8. The molecule has 0 saturated carbocycles. The Labute approximate surface area is 60.7 Å². The number of nitrogens with one attached hydrogen (secondary N) is 1. The maximum absolute atomic E-state index is 10.8. The van der Waals surface area contributed by atoms with E-state index in [1.807, 2.05) is 0 Å². The van der Waals surface area contributed by atoms with E-state index >= 15 is 0 Å². The molecule has 0 aromatic heterocycles. The molecule has 1 amide bonds. The molecular weight excluding hydrogens is 130 g/mol. The molecule has 0 heterocycles. The van der Waals surface area contributed by atoms with Crippen LogP contribution in [0.1, 0.15) is 13.8 Å². The zero-order valence-corrected chi connectivity index (χ0v) is 6.35. The quantitative estimate of drug-likeness (QED) is 0.575. The predicted molar refractivity (Wildman–Crippen MR) is 39.6 cm³/mol. The van der Waals surface area contributed by atoms with Crippen molar-refractivity contribution in [1.29, 1.82) is 0 Å². The van der Waals surface area contributed by atoms with Gasteiger partial charge in [-0.3, -0.25) is 4.79 Å². The summed E-state index contributed by atoms with van der Waals surface area (Å²) in [6.07, 6.45) is 0. The highest BCUT2D eigenvalue weighted by atomic mass is 16.3. The molecule has 0 saturated heterocycles. The Balaban J connectivity index is 3.50. The van der Waals surface area contributed by atoms with Crippen molar-refractivity contribution in [1.82, 2.24) is 5.32 Å². The molecule has 0 aromatic carbocycles. The standard InChI is InChI=1S/C7H13NO2/c1-5(2)7(10)8-4-6(3)9/h5,9H,3-4H2,1-2H3,(H,8,10). The third kappa shape index (κ3) is 3.95. The maximum atomic E-state index is 10.8. The number of amides is 1. The second-order valence-corrected chi connectivity index (χ2v) is 2.44. The molecule has 0 atom stereocenters. The zero-order valence-electron chi connectivity index (χ0n) is 6.35. The first kappa shape index (κ1) is 9.01. The largest absolute Gasteiger partial charge is 0.511 e. The molecule has 3 nitrogen and oxygen atoms in total. The fourth-order valence-corrected chi connectivity index (χ4v) is 0.393. The van der Waals surface area contributed by atoms with Crippen LogP contribution in [0.3, 0.4) is 0 Å². The van der Waals surface area contributed by atoms with Gasteiger partial charge in [0.1, 0.15) is 5.76 Å². The van der Waals surface area contributed by atoms with Crippen LogP contribution in [-0.2, 0) is 4.79 Å². The van der Waals surface area contributed by atoms with Gasteiger partial charge in [0, 0.05) is 5.92 Å². The first-order chi connectivity index (χ1) is 4.54. The van der Waals surface area contributed by atoms with Crippen LogP contribution in [0.5, 0.6) is 0 Å². The van der Waals surface area contributed by atoms with E-state index in [2.05, 4.69) is 11.9 Å². The smallest absolute Gasteiger partial charge is 0.222 e. The van der Waals surface area contributed by atoms with E-state index in [1.54, 1.807) is 13.8 Å². The number of rotatable bonds is 3. The molecule has 0 spiro atoms. The van der Waals surface area contributed by atoms with Gasteiger partial charge in [0.2, 0.25) is 5.91 Å². The fourth-order valence-electron chi connectivity index (χ4n) is 0.393. The van der Waals surface area contributed by atoms with Crippen LogP contribution in [0.25, 0.3) is 0 Å². The summed E-state index contributed by atoms with van der Waals surface area (Å²) >= 11 is 0. The van der Waals surface area contributed by atoms with Gasteiger partial charge in [0.25, 0.3) is 0 Å². The second-order valence-electron chi connectivity index (χ2n) is 2.44. The molecular formula is C7H13NO2. The summed E-state index contributed by atoms with van der Waals surface area (Å²) in [5, 5.41) is 11.1. The number of carbonyl (C=O) groups is 1. The molecule has 0 aliphatic heterocycles. The second kappa shape index (κ2) is 3.93. The minimum Gasteiger partial charge on any atom is -0.511 e. The monoisotopic (exact) mass is 143 g/mol. The zero-order chi connectivity index (χ0) is 8.15. The molecule has 58 valence electrons.